The molecular formula is C62H48O5P+. The van der Waals surface area contributed by atoms with Crippen molar-refractivity contribution in [2.24, 2.45) is 0 Å². The van der Waals surface area contributed by atoms with Crippen LogP contribution in [0.2, 0.25) is 0 Å². The quantitative estimate of drug-likeness (QED) is 0.0899. The molecule has 0 unspecified atom stereocenters. The SMILES string of the molecule is O=C(c1ccccc1)c1ccc(O)cc1O.Oc1ccc(C2(c3ccc(O)cc3)c3ccccc3-c3ccccc32)cc1.c1ccc([P+](c2ccccc2)(c2ccccc2)c2ccccc2)cc1. The number of ketones is 1. The van der Waals surface area contributed by atoms with E-state index in [0.29, 0.717) is 5.56 Å². The lowest BCUT2D eigenvalue weighted by atomic mass is 9.68. The van der Waals surface area contributed by atoms with Gasteiger partial charge in [-0.05, 0) is 118 Å². The van der Waals surface area contributed by atoms with Gasteiger partial charge in [-0.25, -0.2) is 0 Å². The van der Waals surface area contributed by atoms with Crippen molar-refractivity contribution in [2.75, 3.05) is 0 Å². The highest BCUT2D eigenvalue weighted by Crippen LogP contribution is 2.56. The Morgan fingerprint density at radius 3 is 1.03 bits per heavy atom. The minimum Gasteiger partial charge on any atom is -0.508 e. The normalized spacial score (nSPS) is 11.9. The average Bonchev–Trinajstić information content (AvgIpc) is 3.70. The summed E-state index contributed by atoms with van der Waals surface area (Å²) in [6, 6.07) is 88.3. The Balaban J connectivity index is 0.000000132. The molecule has 1 aliphatic carbocycles. The maximum atomic E-state index is 11.9. The monoisotopic (exact) mass is 903 g/mol. The zero-order valence-corrected chi connectivity index (χ0v) is 37.9. The molecule has 6 heteroatoms. The van der Waals surface area contributed by atoms with Crippen molar-refractivity contribution in [3.05, 3.63) is 300 Å². The van der Waals surface area contributed by atoms with E-state index in [0.717, 1.165) is 17.2 Å². The molecule has 0 amide bonds. The number of phenols is 4. The van der Waals surface area contributed by atoms with Crippen molar-refractivity contribution in [1.29, 1.82) is 0 Å². The first-order chi connectivity index (χ1) is 33.3. The topological polar surface area (TPSA) is 98.0 Å². The lowest BCUT2D eigenvalue weighted by Crippen LogP contribution is -2.38. The molecular weight excluding hydrogens is 856 g/mol. The molecule has 0 saturated heterocycles. The molecule has 0 bridgehead atoms. The molecule has 330 valence electrons. The summed E-state index contributed by atoms with van der Waals surface area (Å²) in [5, 5.41) is 43.9. The molecule has 0 atom stereocenters. The summed E-state index contributed by atoms with van der Waals surface area (Å²) < 4.78 is 0. The number of hydrogen-bond donors (Lipinski definition) is 4. The fourth-order valence-electron chi connectivity index (χ4n) is 9.40. The van der Waals surface area contributed by atoms with Gasteiger partial charge in [0, 0.05) is 11.6 Å². The van der Waals surface area contributed by atoms with Crippen LogP contribution in [0.3, 0.4) is 0 Å². The molecule has 0 fully saturated rings. The van der Waals surface area contributed by atoms with Gasteiger partial charge in [0.2, 0.25) is 0 Å². The minimum absolute atomic E-state index is 0.0675. The van der Waals surface area contributed by atoms with Crippen LogP contribution in [0.5, 0.6) is 23.0 Å². The smallest absolute Gasteiger partial charge is 0.196 e. The van der Waals surface area contributed by atoms with Crippen molar-refractivity contribution < 1.29 is 25.2 Å². The van der Waals surface area contributed by atoms with E-state index in [4.69, 9.17) is 5.11 Å². The second-order valence-electron chi connectivity index (χ2n) is 16.3. The zero-order valence-electron chi connectivity index (χ0n) is 37.0. The van der Waals surface area contributed by atoms with E-state index in [-0.39, 0.29) is 34.3 Å². The summed E-state index contributed by atoms with van der Waals surface area (Å²) in [5.74, 6) is -0.0487. The van der Waals surface area contributed by atoms with Crippen molar-refractivity contribution >= 4 is 34.3 Å². The van der Waals surface area contributed by atoms with Crippen molar-refractivity contribution in [2.45, 2.75) is 5.41 Å². The lowest BCUT2D eigenvalue weighted by molar-refractivity contribution is 0.103. The first-order valence-electron chi connectivity index (χ1n) is 22.3. The fraction of sp³-hybridized carbons (Fsp3) is 0.0161. The van der Waals surface area contributed by atoms with Gasteiger partial charge in [0.25, 0.3) is 0 Å². The highest BCUT2D eigenvalue weighted by molar-refractivity contribution is 8.01. The van der Waals surface area contributed by atoms with E-state index in [1.165, 1.54) is 55.6 Å². The van der Waals surface area contributed by atoms with Crippen LogP contribution in [0.15, 0.2) is 267 Å². The molecule has 0 saturated carbocycles. The molecule has 10 aromatic rings. The number of rotatable bonds is 8. The summed E-state index contributed by atoms with van der Waals surface area (Å²) in [6.07, 6.45) is 0. The Hall–Kier alpha value is -8.50. The van der Waals surface area contributed by atoms with Crippen molar-refractivity contribution in [3.8, 4) is 34.1 Å². The molecule has 0 aliphatic heterocycles. The van der Waals surface area contributed by atoms with Crippen LogP contribution in [0.25, 0.3) is 11.1 Å². The summed E-state index contributed by atoms with van der Waals surface area (Å²) in [7, 11) is -1.91. The van der Waals surface area contributed by atoms with Crippen molar-refractivity contribution in [3.63, 3.8) is 0 Å². The number of phenolic OH excluding ortho intramolecular Hbond substituents is 4. The second-order valence-corrected chi connectivity index (χ2v) is 19.8. The molecule has 1 aliphatic rings. The van der Waals surface area contributed by atoms with E-state index in [1.54, 1.807) is 48.5 Å². The van der Waals surface area contributed by atoms with E-state index in [1.807, 2.05) is 30.3 Å². The molecule has 0 aromatic heterocycles. The number of carbonyl (C=O) groups is 1. The van der Waals surface area contributed by atoms with Gasteiger partial charge in [-0.15, -0.1) is 0 Å². The Kier molecular flexibility index (Phi) is 13.1. The van der Waals surface area contributed by atoms with Crippen LogP contribution < -0.4 is 21.2 Å². The molecule has 0 radical (unpaired) electrons. The number of carbonyl (C=O) groups excluding carboxylic acids is 1. The first kappa shape index (κ1) is 44.7. The van der Waals surface area contributed by atoms with E-state index >= 15 is 0 Å². The van der Waals surface area contributed by atoms with Gasteiger partial charge in [0.1, 0.15) is 51.5 Å². The third-order valence-corrected chi connectivity index (χ3v) is 16.7. The van der Waals surface area contributed by atoms with Crippen LogP contribution >= 0.6 is 7.26 Å². The third kappa shape index (κ3) is 8.55. The molecule has 5 nitrogen and oxygen atoms in total. The van der Waals surface area contributed by atoms with Gasteiger partial charge < -0.3 is 20.4 Å². The van der Waals surface area contributed by atoms with Crippen LogP contribution in [-0.4, -0.2) is 26.2 Å². The van der Waals surface area contributed by atoms with Gasteiger partial charge in [0.15, 0.2) is 5.78 Å². The maximum absolute atomic E-state index is 11.9. The van der Waals surface area contributed by atoms with E-state index < -0.39 is 12.7 Å². The first-order valence-corrected chi connectivity index (χ1v) is 24.1. The predicted molar refractivity (Wildman–Crippen MR) is 278 cm³/mol. The van der Waals surface area contributed by atoms with Crippen LogP contribution in [-0.2, 0) is 5.41 Å². The maximum Gasteiger partial charge on any atom is 0.196 e. The highest BCUT2D eigenvalue weighted by Gasteiger charge is 2.48. The Morgan fingerprint density at radius 1 is 0.338 bits per heavy atom. The Morgan fingerprint density at radius 2 is 0.662 bits per heavy atom. The van der Waals surface area contributed by atoms with Gasteiger partial charge >= 0.3 is 0 Å². The highest BCUT2D eigenvalue weighted by atomic mass is 31.2. The summed E-state index contributed by atoms with van der Waals surface area (Å²) in [4.78, 5) is 11.9. The number of aromatic hydroxyl groups is 4. The van der Waals surface area contributed by atoms with Gasteiger partial charge in [-0.3, -0.25) is 4.79 Å². The number of hydrogen-bond acceptors (Lipinski definition) is 5. The number of benzene rings is 10. The zero-order chi connectivity index (χ0) is 46.9. The van der Waals surface area contributed by atoms with E-state index in [9.17, 15) is 20.1 Å². The molecule has 0 heterocycles. The molecule has 68 heavy (non-hydrogen) atoms. The second kappa shape index (κ2) is 19.9. The molecule has 4 N–H and O–H groups in total. The summed E-state index contributed by atoms with van der Waals surface area (Å²) in [5.41, 5.74) is 7.22. The summed E-state index contributed by atoms with van der Waals surface area (Å²) in [6.45, 7) is 0. The van der Waals surface area contributed by atoms with Crippen LogP contribution in [0.1, 0.15) is 38.2 Å². The summed E-state index contributed by atoms with van der Waals surface area (Å²) >= 11 is 0. The molecule has 10 aromatic carbocycles. The molecule has 11 rings (SSSR count). The Labute approximate surface area is 397 Å². The minimum atomic E-state index is -1.91. The Bertz CT molecular complexity index is 3000. The largest absolute Gasteiger partial charge is 0.508 e. The van der Waals surface area contributed by atoms with Gasteiger partial charge in [-0.2, -0.15) is 0 Å². The van der Waals surface area contributed by atoms with Crippen molar-refractivity contribution in [1.82, 2.24) is 0 Å². The predicted octanol–water partition coefficient (Wildman–Crippen LogP) is 12.1. The standard InChI is InChI=1S/C25H18O2.C24H20P.C13H10O3/c26-19-13-9-17(10-14-19)25(18-11-15-20(27)16-12-18)23-7-3-1-5-21(23)22-6-2-4-8-24(22)25;1-5-13-21(14-6-1)25(22-15-7-2-8-16-22,23-17-9-3-10-18-23)24-19-11-4-12-20-24;14-10-6-7-11(12(15)8-10)13(16)9-4-2-1-3-5-9/h1-16,26-27H;1-20H;1-8,14-15H/q;+1;. The third-order valence-electron chi connectivity index (χ3n) is 12.4. The van der Waals surface area contributed by atoms with Gasteiger partial charge in [0.05, 0.1) is 11.0 Å². The fourth-order valence-corrected chi connectivity index (χ4v) is 13.7. The van der Waals surface area contributed by atoms with Crippen LogP contribution in [0.4, 0.5) is 0 Å². The number of fused-ring (bicyclic) bond motifs is 3. The lowest BCUT2D eigenvalue weighted by Gasteiger charge is -2.33. The van der Waals surface area contributed by atoms with Gasteiger partial charge in [-0.1, -0.05) is 176 Å². The molecule has 0 spiro atoms. The van der Waals surface area contributed by atoms with E-state index in [2.05, 4.69) is 170 Å². The van der Waals surface area contributed by atoms with Crippen LogP contribution in [0, 0.1) is 0 Å². The average molecular weight is 904 g/mol.